The van der Waals surface area contributed by atoms with Crippen molar-refractivity contribution in [2.75, 3.05) is 10.6 Å². The molecule has 2 aromatic carbocycles. The molecule has 6 heteroatoms. The molecule has 0 bridgehead atoms. The molecule has 0 saturated carbocycles. The van der Waals surface area contributed by atoms with Crippen molar-refractivity contribution in [2.45, 2.75) is 20.8 Å². The molecule has 0 saturated heterocycles. The van der Waals surface area contributed by atoms with E-state index in [0.29, 0.717) is 11.5 Å². The zero-order valence-electron chi connectivity index (χ0n) is 15.9. The quantitative estimate of drug-likeness (QED) is 0.452. The molecule has 0 radical (unpaired) electrons. The Hall–Kier alpha value is -3.43. The molecule has 2 N–H and O–H groups in total. The highest BCUT2D eigenvalue weighted by molar-refractivity contribution is 7.17. The second-order valence-corrected chi connectivity index (χ2v) is 7.66. The number of hydrogen-bond donors (Lipinski definition) is 2. The number of aryl methyl sites for hydroxylation is 3. The Morgan fingerprint density at radius 1 is 0.929 bits per heavy atom. The minimum Gasteiger partial charge on any atom is -0.338 e. The Balaban J connectivity index is 1.72. The van der Waals surface area contributed by atoms with E-state index in [-0.39, 0.29) is 0 Å². The minimum absolute atomic E-state index is 0.514. The van der Waals surface area contributed by atoms with Gasteiger partial charge in [0.1, 0.15) is 0 Å². The van der Waals surface area contributed by atoms with E-state index in [4.69, 9.17) is 10.2 Å². The SMILES string of the molecule is Cc1cc(C)c(Nc2nc(Nc3ccc(C#N)cc3)nc3ccsc23)c(C)c1. The van der Waals surface area contributed by atoms with Gasteiger partial charge in [0.25, 0.3) is 0 Å². The fraction of sp³-hybridized carbons (Fsp3) is 0.136. The van der Waals surface area contributed by atoms with Gasteiger partial charge < -0.3 is 10.6 Å². The molecule has 28 heavy (non-hydrogen) atoms. The Morgan fingerprint density at radius 2 is 1.64 bits per heavy atom. The number of nitrogens with one attached hydrogen (secondary N) is 2. The highest BCUT2D eigenvalue weighted by Gasteiger charge is 2.12. The van der Waals surface area contributed by atoms with Crippen LogP contribution in [0.15, 0.2) is 47.8 Å². The van der Waals surface area contributed by atoms with Crippen LogP contribution in [0.25, 0.3) is 10.2 Å². The number of rotatable bonds is 4. The maximum absolute atomic E-state index is 8.95. The van der Waals surface area contributed by atoms with Crippen molar-refractivity contribution < 1.29 is 0 Å². The fourth-order valence-electron chi connectivity index (χ4n) is 3.26. The van der Waals surface area contributed by atoms with E-state index in [2.05, 4.69) is 54.6 Å². The van der Waals surface area contributed by atoms with Crippen LogP contribution in [-0.4, -0.2) is 9.97 Å². The lowest BCUT2D eigenvalue weighted by Crippen LogP contribution is -2.03. The molecule has 0 aliphatic heterocycles. The second kappa shape index (κ2) is 7.29. The summed E-state index contributed by atoms with van der Waals surface area (Å²) >= 11 is 1.62. The number of fused-ring (bicyclic) bond motifs is 1. The zero-order chi connectivity index (χ0) is 19.7. The summed E-state index contributed by atoms with van der Waals surface area (Å²) in [6.07, 6.45) is 0. The molecule has 138 valence electrons. The first-order valence-electron chi connectivity index (χ1n) is 8.91. The molecule has 0 aliphatic carbocycles. The maximum atomic E-state index is 8.95. The minimum atomic E-state index is 0.514. The van der Waals surface area contributed by atoms with E-state index < -0.39 is 0 Å². The van der Waals surface area contributed by atoms with Gasteiger partial charge in [0, 0.05) is 11.4 Å². The molecule has 0 amide bonds. The van der Waals surface area contributed by atoms with Crippen LogP contribution in [0.3, 0.4) is 0 Å². The first-order valence-corrected chi connectivity index (χ1v) is 9.79. The summed E-state index contributed by atoms with van der Waals surface area (Å²) < 4.78 is 1.02. The van der Waals surface area contributed by atoms with Gasteiger partial charge in [-0.1, -0.05) is 17.7 Å². The maximum Gasteiger partial charge on any atom is 0.229 e. The van der Waals surface area contributed by atoms with E-state index in [9.17, 15) is 0 Å². The summed E-state index contributed by atoms with van der Waals surface area (Å²) in [5.74, 6) is 1.30. The molecule has 4 aromatic rings. The smallest absolute Gasteiger partial charge is 0.229 e. The Kier molecular flexibility index (Phi) is 4.68. The summed E-state index contributed by atoms with van der Waals surface area (Å²) in [7, 11) is 0. The predicted molar refractivity (Wildman–Crippen MR) is 116 cm³/mol. The second-order valence-electron chi connectivity index (χ2n) is 6.74. The van der Waals surface area contributed by atoms with Crippen LogP contribution < -0.4 is 10.6 Å². The van der Waals surface area contributed by atoms with E-state index in [0.717, 1.165) is 27.4 Å². The average molecular weight is 385 g/mol. The predicted octanol–water partition coefficient (Wildman–Crippen LogP) is 5.98. The molecule has 0 fully saturated rings. The third-order valence-electron chi connectivity index (χ3n) is 4.49. The van der Waals surface area contributed by atoms with Crippen molar-refractivity contribution in [3.8, 4) is 6.07 Å². The molecule has 4 rings (SSSR count). The molecule has 2 heterocycles. The third kappa shape index (κ3) is 3.53. The van der Waals surface area contributed by atoms with E-state index in [1.165, 1.54) is 16.7 Å². The molecule has 0 atom stereocenters. The number of thiophene rings is 1. The van der Waals surface area contributed by atoms with E-state index in [1.807, 2.05) is 23.6 Å². The van der Waals surface area contributed by atoms with Crippen molar-refractivity contribution in [1.29, 1.82) is 5.26 Å². The fourth-order valence-corrected chi connectivity index (χ4v) is 4.03. The molecule has 0 spiro atoms. The lowest BCUT2D eigenvalue weighted by Gasteiger charge is -2.15. The Labute approximate surface area is 167 Å². The number of benzene rings is 2. The molecule has 2 aromatic heterocycles. The van der Waals surface area contributed by atoms with Crippen LogP contribution in [0, 0.1) is 32.1 Å². The van der Waals surface area contributed by atoms with Gasteiger partial charge in [0.05, 0.1) is 21.8 Å². The van der Waals surface area contributed by atoms with Crippen LogP contribution >= 0.6 is 11.3 Å². The van der Waals surface area contributed by atoms with Gasteiger partial charge >= 0.3 is 0 Å². The first-order chi connectivity index (χ1) is 13.5. The van der Waals surface area contributed by atoms with E-state index in [1.54, 1.807) is 23.5 Å². The zero-order valence-corrected chi connectivity index (χ0v) is 16.7. The van der Waals surface area contributed by atoms with Gasteiger partial charge in [-0.05, 0) is 67.6 Å². The number of aromatic nitrogens is 2. The molecular weight excluding hydrogens is 366 g/mol. The normalized spacial score (nSPS) is 10.6. The molecular formula is C22H19N5S. The van der Waals surface area contributed by atoms with Gasteiger partial charge in [-0.25, -0.2) is 4.98 Å². The van der Waals surface area contributed by atoms with Crippen LogP contribution in [-0.2, 0) is 0 Å². The lowest BCUT2D eigenvalue weighted by atomic mass is 10.1. The van der Waals surface area contributed by atoms with Gasteiger partial charge in [-0.3, -0.25) is 0 Å². The summed E-state index contributed by atoms with van der Waals surface area (Å²) in [6.45, 7) is 6.31. The average Bonchev–Trinajstić information content (AvgIpc) is 3.14. The van der Waals surface area contributed by atoms with Crippen LogP contribution in [0.5, 0.6) is 0 Å². The number of hydrogen-bond acceptors (Lipinski definition) is 6. The summed E-state index contributed by atoms with van der Waals surface area (Å²) in [5, 5.41) is 17.7. The topological polar surface area (TPSA) is 73.6 Å². The van der Waals surface area contributed by atoms with E-state index >= 15 is 0 Å². The van der Waals surface area contributed by atoms with Gasteiger partial charge in [0.2, 0.25) is 5.95 Å². The van der Waals surface area contributed by atoms with Crippen molar-refractivity contribution in [1.82, 2.24) is 9.97 Å². The summed E-state index contributed by atoms with van der Waals surface area (Å²) in [6, 6.07) is 15.7. The number of nitrogens with zero attached hydrogens (tertiary/aromatic N) is 3. The van der Waals surface area contributed by atoms with Crippen molar-refractivity contribution >= 4 is 44.7 Å². The molecule has 5 nitrogen and oxygen atoms in total. The lowest BCUT2D eigenvalue weighted by molar-refractivity contribution is 1.21. The van der Waals surface area contributed by atoms with Crippen molar-refractivity contribution in [3.63, 3.8) is 0 Å². The van der Waals surface area contributed by atoms with Crippen LogP contribution in [0.2, 0.25) is 0 Å². The summed E-state index contributed by atoms with van der Waals surface area (Å²) in [5.41, 5.74) is 7.02. The monoisotopic (exact) mass is 385 g/mol. The summed E-state index contributed by atoms with van der Waals surface area (Å²) in [4.78, 5) is 9.34. The molecule has 0 aliphatic rings. The van der Waals surface area contributed by atoms with Gasteiger partial charge in [-0.2, -0.15) is 10.2 Å². The van der Waals surface area contributed by atoms with Crippen molar-refractivity contribution in [3.05, 3.63) is 70.1 Å². The van der Waals surface area contributed by atoms with Crippen LogP contribution in [0.4, 0.5) is 23.1 Å². The van der Waals surface area contributed by atoms with Gasteiger partial charge in [-0.15, -0.1) is 11.3 Å². The van der Waals surface area contributed by atoms with Crippen LogP contribution in [0.1, 0.15) is 22.3 Å². The van der Waals surface area contributed by atoms with Gasteiger partial charge in [0.15, 0.2) is 5.82 Å². The van der Waals surface area contributed by atoms with Crippen molar-refractivity contribution in [2.24, 2.45) is 0 Å². The highest BCUT2D eigenvalue weighted by Crippen LogP contribution is 2.32. The largest absolute Gasteiger partial charge is 0.338 e. The highest BCUT2D eigenvalue weighted by atomic mass is 32.1. The first kappa shape index (κ1) is 18.0. The Bertz CT molecular complexity index is 1180. The molecule has 0 unspecified atom stereocenters. The third-order valence-corrected chi connectivity index (χ3v) is 5.40. The Morgan fingerprint density at radius 3 is 2.32 bits per heavy atom. The number of nitriles is 1. The standard InChI is InChI=1S/C22H19N5S/c1-13-10-14(2)19(15(3)11-13)26-21-20-18(8-9-28-20)25-22(27-21)24-17-6-4-16(12-23)5-7-17/h4-11H,1-3H3,(H2,24,25,26,27). The number of anilines is 4.